The van der Waals surface area contributed by atoms with Gasteiger partial charge in [0, 0.05) is 0 Å². The largest absolute Gasteiger partial charge is 0.0995 e. The zero-order chi connectivity index (χ0) is 20.8. The number of rotatable bonds is 1. The van der Waals surface area contributed by atoms with Gasteiger partial charge in [0.05, 0.1) is 0 Å². The number of allylic oxidation sites excluding steroid dienone is 3. The van der Waals surface area contributed by atoms with Crippen LogP contribution in [0.4, 0.5) is 0 Å². The highest BCUT2D eigenvalue weighted by atomic mass is 14.7. The van der Waals surface area contributed by atoms with Crippen LogP contribution in [-0.4, -0.2) is 0 Å². The van der Waals surface area contributed by atoms with Gasteiger partial charge in [-0.3, -0.25) is 0 Å². The second kappa shape index (κ2) is 6.26. The third-order valence-corrected chi connectivity index (χ3v) is 12.2. The van der Waals surface area contributed by atoms with E-state index in [-0.39, 0.29) is 0 Å². The molecule has 0 heteroatoms. The van der Waals surface area contributed by atoms with Gasteiger partial charge in [0.15, 0.2) is 0 Å². The summed E-state index contributed by atoms with van der Waals surface area (Å²) < 4.78 is 0. The number of hydrogen-bond donors (Lipinski definition) is 0. The Balaban J connectivity index is 1.56. The lowest BCUT2D eigenvalue weighted by Gasteiger charge is -2.68. The van der Waals surface area contributed by atoms with E-state index in [9.17, 15) is 0 Å². The van der Waals surface area contributed by atoms with Crippen LogP contribution in [0.15, 0.2) is 23.8 Å². The molecule has 0 radical (unpaired) electrons. The zero-order valence-electron chi connectivity index (χ0n) is 20.2. The van der Waals surface area contributed by atoms with E-state index in [0.717, 1.165) is 29.6 Å². The Morgan fingerprint density at radius 1 is 0.897 bits per heavy atom. The topological polar surface area (TPSA) is 0 Å². The molecule has 5 aliphatic carbocycles. The lowest BCUT2D eigenvalue weighted by molar-refractivity contribution is -0.150. The summed E-state index contributed by atoms with van der Waals surface area (Å²) in [7, 11) is 0. The fourth-order valence-electron chi connectivity index (χ4n) is 10.5. The first-order valence-corrected chi connectivity index (χ1v) is 13.0. The molecule has 0 spiro atoms. The Labute approximate surface area is 181 Å². The van der Waals surface area contributed by atoms with Crippen molar-refractivity contribution >= 4 is 0 Å². The van der Waals surface area contributed by atoms with Crippen molar-refractivity contribution in [2.45, 2.75) is 106 Å². The summed E-state index contributed by atoms with van der Waals surface area (Å²) in [6.45, 7) is 20.3. The van der Waals surface area contributed by atoms with Gasteiger partial charge in [-0.25, -0.2) is 0 Å². The van der Waals surface area contributed by atoms with Crippen molar-refractivity contribution in [2.75, 3.05) is 0 Å². The average molecular weight is 395 g/mol. The fourth-order valence-corrected chi connectivity index (χ4v) is 10.5. The van der Waals surface area contributed by atoms with Crippen LogP contribution >= 0.6 is 0 Å². The zero-order valence-corrected chi connectivity index (χ0v) is 20.2. The Hall–Kier alpha value is -0.520. The van der Waals surface area contributed by atoms with Gasteiger partial charge < -0.3 is 0 Å². The van der Waals surface area contributed by atoms with E-state index in [1.807, 2.05) is 5.57 Å². The van der Waals surface area contributed by atoms with E-state index in [1.54, 1.807) is 5.57 Å². The van der Waals surface area contributed by atoms with Gasteiger partial charge in [0.2, 0.25) is 0 Å². The van der Waals surface area contributed by atoms with Gasteiger partial charge in [0.1, 0.15) is 0 Å². The summed E-state index contributed by atoms with van der Waals surface area (Å²) in [6, 6.07) is 0. The van der Waals surface area contributed by atoms with Crippen LogP contribution in [0.3, 0.4) is 0 Å². The van der Waals surface area contributed by atoms with Crippen molar-refractivity contribution in [2.24, 2.45) is 51.2 Å². The third-order valence-electron chi connectivity index (χ3n) is 12.2. The minimum absolute atomic E-state index is 0.416. The quantitative estimate of drug-likeness (QED) is 0.391. The summed E-state index contributed by atoms with van der Waals surface area (Å²) in [4.78, 5) is 0. The maximum Gasteiger partial charge on any atom is -0.00480 e. The summed E-state index contributed by atoms with van der Waals surface area (Å²) in [5, 5.41) is 0. The molecule has 4 saturated carbocycles. The van der Waals surface area contributed by atoms with Gasteiger partial charge in [-0.1, -0.05) is 65.3 Å². The second-order valence-electron chi connectivity index (χ2n) is 13.3. The molecule has 29 heavy (non-hydrogen) atoms. The minimum Gasteiger partial charge on any atom is -0.0995 e. The van der Waals surface area contributed by atoms with Gasteiger partial charge in [-0.2, -0.15) is 0 Å². The van der Waals surface area contributed by atoms with Crippen molar-refractivity contribution in [3.63, 3.8) is 0 Å². The lowest BCUT2D eigenvalue weighted by Crippen LogP contribution is -2.60. The summed E-state index contributed by atoms with van der Waals surface area (Å²) >= 11 is 0. The molecule has 5 rings (SSSR count). The van der Waals surface area contributed by atoms with Gasteiger partial charge in [-0.15, -0.1) is 0 Å². The van der Waals surface area contributed by atoms with Gasteiger partial charge in [-0.05, 0) is 115 Å². The Morgan fingerprint density at radius 3 is 2.34 bits per heavy atom. The van der Waals surface area contributed by atoms with Crippen molar-refractivity contribution in [1.29, 1.82) is 0 Å². The molecule has 5 aliphatic rings. The lowest BCUT2D eigenvalue weighted by atomic mass is 9.36. The molecule has 0 amide bonds. The van der Waals surface area contributed by atoms with Gasteiger partial charge in [0.25, 0.3) is 0 Å². The summed E-state index contributed by atoms with van der Waals surface area (Å²) in [5.41, 5.74) is 5.44. The van der Waals surface area contributed by atoms with Crippen molar-refractivity contribution in [3.8, 4) is 0 Å². The van der Waals surface area contributed by atoms with Crippen LogP contribution in [-0.2, 0) is 0 Å². The Bertz CT molecular complexity index is 741. The predicted molar refractivity (Wildman–Crippen MR) is 125 cm³/mol. The van der Waals surface area contributed by atoms with E-state index >= 15 is 0 Å². The highest BCUT2D eigenvalue weighted by molar-refractivity contribution is 5.35. The fraction of sp³-hybridized carbons (Fsp3) is 0.862. The normalized spacial score (nSPS) is 54.3. The van der Waals surface area contributed by atoms with E-state index in [4.69, 9.17) is 0 Å². The highest BCUT2D eigenvalue weighted by Gasteiger charge is 2.67. The molecule has 0 aromatic rings. The van der Waals surface area contributed by atoms with Crippen LogP contribution < -0.4 is 0 Å². The molecular weight excluding hydrogens is 348 g/mol. The second-order valence-corrected chi connectivity index (χ2v) is 13.3. The minimum atomic E-state index is 0.416. The SMILES string of the molecule is C=C1CCC[C@]2(C)C3=CC[C@@]4(C)[C@@H]5CC[C@H](C(C)C)[C@@]5(C)CC[C@]4(C)[C@@H]3CC[C@H]12. The van der Waals surface area contributed by atoms with Crippen molar-refractivity contribution in [3.05, 3.63) is 23.8 Å². The first kappa shape index (κ1) is 20.4. The standard InChI is InChI=1S/C29H46/c1-19(2)21-12-13-25-27(21,5)17-18-28(6)24-11-10-22-20(3)9-8-15-26(22,4)23(24)14-16-29(25,28)7/h14,19,21-22,24-25H,3,8-13,15-18H2,1-2,4-7H3/t21-,22-,24-,25-,26+,27-,28-,29+/m1/s1. The molecule has 0 unspecified atom stereocenters. The molecule has 0 bridgehead atoms. The van der Waals surface area contributed by atoms with Crippen LogP contribution in [0.25, 0.3) is 0 Å². The first-order valence-electron chi connectivity index (χ1n) is 13.0. The molecule has 0 heterocycles. The molecule has 4 fully saturated rings. The molecular formula is C29H46. The number of fused-ring (bicyclic) bond motifs is 7. The van der Waals surface area contributed by atoms with E-state index in [0.29, 0.717) is 21.7 Å². The van der Waals surface area contributed by atoms with Gasteiger partial charge >= 0.3 is 0 Å². The van der Waals surface area contributed by atoms with Crippen LogP contribution in [0.2, 0.25) is 0 Å². The van der Waals surface area contributed by atoms with E-state index in [2.05, 4.69) is 54.2 Å². The molecule has 0 N–H and O–H groups in total. The summed E-state index contributed by atoms with van der Waals surface area (Å²) in [5.74, 6) is 4.30. The molecule has 0 nitrogen and oxygen atoms in total. The molecule has 0 aromatic carbocycles. The first-order chi connectivity index (χ1) is 13.6. The monoisotopic (exact) mass is 394 g/mol. The Morgan fingerprint density at radius 2 is 1.62 bits per heavy atom. The average Bonchev–Trinajstić information content (AvgIpc) is 3.02. The Kier molecular flexibility index (Phi) is 4.40. The van der Waals surface area contributed by atoms with Crippen LogP contribution in [0, 0.1) is 51.2 Å². The number of hydrogen-bond acceptors (Lipinski definition) is 0. The molecule has 8 atom stereocenters. The maximum absolute atomic E-state index is 4.54. The maximum atomic E-state index is 4.54. The van der Waals surface area contributed by atoms with Crippen molar-refractivity contribution < 1.29 is 0 Å². The van der Waals surface area contributed by atoms with E-state index in [1.165, 1.54) is 64.2 Å². The highest BCUT2D eigenvalue weighted by Crippen LogP contribution is 2.75. The predicted octanol–water partition coefficient (Wildman–Crippen LogP) is 8.58. The van der Waals surface area contributed by atoms with E-state index < -0.39 is 0 Å². The molecule has 162 valence electrons. The van der Waals surface area contributed by atoms with Crippen molar-refractivity contribution in [1.82, 2.24) is 0 Å². The third kappa shape index (κ3) is 2.39. The smallest absolute Gasteiger partial charge is 0.00480 e. The van der Waals surface area contributed by atoms with Crippen LogP contribution in [0.5, 0.6) is 0 Å². The molecule has 0 saturated heterocycles. The molecule has 0 aromatic heterocycles. The molecule has 0 aliphatic heterocycles. The van der Waals surface area contributed by atoms with Crippen LogP contribution in [0.1, 0.15) is 106 Å². The summed E-state index contributed by atoms with van der Waals surface area (Å²) in [6.07, 6.45) is 16.9.